The van der Waals surface area contributed by atoms with Crippen LogP contribution in [-0.2, 0) is 9.53 Å². The predicted molar refractivity (Wildman–Crippen MR) is 59.6 cm³/mol. The van der Waals surface area contributed by atoms with Crippen LogP contribution in [0.2, 0.25) is 0 Å². The maximum absolute atomic E-state index is 11.3. The highest BCUT2D eigenvalue weighted by molar-refractivity contribution is 6.33. The van der Waals surface area contributed by atoms with Crippen molar-refractivity contribution in [3.63, 3.8) is 0 Å². The minimum Gasteiger partial charge on any atom is -0.464 e. The Hall–Kier alpha value is -0.240. The van der Waals surface area contributed by atoms with E-state index in [-0.39, 0.29) is 11.4 Å². The molecule has 0 fully saturated rings. The number of carbonyl (C=O) groups excluding carboxylic acids is 1. The van der Waals surface area contributed by atoms with Crippen LogP contribution < -0.4 is 0 Å². The molecule has 84 valence electrons. The summed E-state index contributed by atoms with van der Waals surface area (Å²) in [4.78, 5) is 10.4. The first-order chi connectivity index (χ1) is 6.19. The van der Waals surface area contributed by atoms with Gasteiger partial charge in [-0.25, -0.2) is 0 Å². The molecule has 0 saturated heterocycles. The average Bonchev–Trinajstić information content (AvgIpc) is 2.02. The van der Waals surface area contributed by atoms with E-state index < -0.39 is 4.87 Å². The van der Waals surface area contributed by atoms with Gasteiger partial charge in [0.05, 0.1) is 6.61 Å². The van der Waals surface area contributed by atoms with Crippen molar-refractivity contribution >= 4 is 17.6 Å². The van der Waals surface area contributed by atoms with Gasteiger partial charge in [-0.1, -0.05) is 27.2 Å². The first kappa shape index (κ1) is 13.8. The average molecular weight is 221 g/mol. The Balaban J connectivity index is 3.82. The van der Waals surface area contributed by atoms with Crippen LogP contribution in [0.15, 0.2) is 0 Å². The molecule has 0 aromatic carbocycles. The summed E-state index contributed by atoms with van der Waals surface area (Å²) < 4.78 is 5.07. The molecule has 0 amide bonds. The molecule has 0 spiro atoms. The summed E-state index contributed by atoms with van der Waals surface area (Å²) in [7, 11) is 0. The van der Waals surface area contributed by atoms with Gasteiger partial charge in [-0.05, 0) is 25.7 Å². The summed E-state index contributed by atoms with van der Waals surface area (Å²) in [5, 5.41) is 0. The monoisotopic (exact) mass is 220 g/mol. The molecule has 0 unspecified atom stereocenters. The van der Waals surface area contributed by atoms with Crippen LogP contribution in [0.1, 0.15) is 47.5 Å². The van der Waals surface area contributed by atoms with E-state index in [0.717, 1.165) is 12.8 Å². The van der Waals surface area contributed by atoms with E-state index in [2.05, 4.69) is 20.8 Å². The Morgan fingerprint density at radius 3 is 2.14 bits per heavy atom. The van der Waals surface area contributed by atoms with E-state index >= 15 is 0 Å². The van der Waals surface area contributed by atoms with Crippen LogP contribution in [-0.4, -0.2) is 17.5 Å². The first-order valence-electron chi connectivity index (χ1n) is 5.05. The van der Waals surface area contributed by atoms with E-state index in [9.17, 15) is 4.79 Å². The molecule has 2 nitrogen and oxygen atoms in total. The van der Waals surface area contributed by atoms with Crippen LogP contribution in [0.5, 0.6) is 0 Å². The van der Waals surface area contributed by atoms with Gasteiger partial charge in [-0.3, -0.25) is 4.79 Å². The number of esters is 1. The van der Waals surface area contributed by atoms with Crippen LogP contribution in [0.3, 0.4) is 0 Å². The van der Waals surface area contributed by atoms with E-state index in [1.54, 1.807) is 13.8 Å². The summed E-state index contributed by atoms with van der Waals surface area (Å²) >= 11 is 5.79. The smallest absolute Gasteiger partial charge is 0.326 e. The summed E-state index contributed by atoms with van der Waals surface area (Å²) in [5.41, 5.74) is 0.233. The van der Waals surface area contributed by atoms with Crippen LogP contribution in [0.4, 0.5) is 0 Å². The Morgan fingerprint density at radius 2 is 1.79 bits per heavy atom. The van der Waals surface area contributed by atoms with E-state index in [0.29, 0.717) is 6.61 Å². The lowest BCUT2D eigenvalue weighted by molar-refractivity contribution is -0.146. The van der Waals surface area contributed by atoms with Crippen molar-refractivity contribution in [3.05, 3.63) is 0 Å². The van der Waals surface area contributed by atoms with Crippen molar-refractivity contribution in [3.8, 4) is 0 Å². The van der Waals surface area contributed by atoms with Gasteiger partial charge < -0.3 is 4.74 Å². The molecule has 3 heteroatoms. The SMILES string of the molecule is CCC(C)(C)CCOC(=O)C(C)(C)Cl. The first-order valence-corrected chi connectivity index (χ1v) is 5.43. The van der Waals surface area contributed by atoms with E-state index in [1.807, 2.05) is 0 Å². The molecule has 14 heavy (non-hydrogen) atoms. The highest BCUT2D eigenvalue weighted by Crippen LogP contribution is 2.24. The van der Waals surface area contributed by atoms with E-state index in [1.165, 1.54) is 0 Å². The molecule has 0 saturated carbocycles. The van der Waals surface area contributed by atoms with Crippen LogP contribution >= 0.6 is 11.6 Å². The number of hydrogen-bond donors (Lipinski definition) is 0. The maximum Gasteiger partial charge on any atom is 0.326 e. The number of rotatable bonds is 5. The molecule has 0 N–H and O–H groups in total. The van der Waals surface area contributed by atoms with Crippen molar-refractivity contribution < 1.29 is 9.53 Å². The molecule has 0 aromatic rings. The lowest BCUT2D eigenvalue weighted by Crippen LogP contribution is -2.28. The molecule has 0 aliphatic heterocycles. The van der Waals surface area contributed by atoms with Crippen molar-refractivity contribution in [1.29, 1.82) is 0 Å². The van der Waals surface area contributed by atoms with Crippen molar-refractivity contribution in [2.45, 2.75) is 52.3 Å². The van der Waals surface area contributed by atoms with Gasteiger partial charge in [-0.15, -0.1) is 11.6 Å². The van der Waals surface area contributed by atoms with Crippen molar-refractivity contribution in [2.24, 2.45) is 5.41 Å². The zero-order valence-corrected chi connectivity index (χ0v) is 10.6. The number of ether oxygens (including phenoxy) is 1. The topological polar surface area (TPSA) is 26.3 Å². The standard InChI is InChI=1S/C11H21ClO2/c1-6-10(2,3)7-8-14-9(13)11(4,5)12/h6-8H2,1-5H3. The third-order valence-corrected chi connectivity index (χ3v) is 2.61. The Morgan fingerprint density at radius 1 is 1.29 bits per heavy atom. The molecule has 0 radical (unpaired) electrons. The van der Waals surface area contributed by atoms with Crippen molar-refractivity contribution in [2.75, 3.05) is 6.61 Å². The summed E-state index contributed by atoms with van der Waals surface area (Å²) in [5.74, 6) is -0.342. The third kappa shape index (κ3) is 5.48. The molecule has 0 aromatic heterocycles. The second kappa shape index (κ2) is 5.01. The molecule has 0 bridgehead atoms. The highest BCUT2D eigenvalue weighted by Gasteiger charge is 2.26. The fraction of sp³-hybridized carbons (Fsp3) is 0.909. The Bertz CT molecular complexity index is 192. The molecule has 0 atom stereocenters. The zero-order valence-electron chi connectivity index (χ0n) is 9.82. The molecular weight excluding hydrogens is 200 g/mol. The van der Waals surface area contributed by atoms with Crippen LogP contribution in [0.25, 0.3) is 0 Å². The van der Waals surface area contributed by atoms with Gasteiger partial charge in [-0.2, -0.15) is 0 Å². The number of halogens is 1. The summed E-state index contributed by atoms with van der Waals surface area (Å²) in [6.45, 7) is 10.2. The minimum atomic E-state index is -0.906. The summed E-state index contributed by atoms with van der Waals surface area (Å²) in [6, 6.07) is 0. The van der Waals surface area contributed by atoms with E-state index in [4.69, 9.17) is 16.3 Å². The quantitative estimate of drug-likeness (QED) is 0.525. The molecule has 0 aliphatic rings. The second-order valence-electron chi connectivity index (χ2n) is 4.88. The van der Waals surface area contributed by atoms with Crippen LogP contribution in [0, 0.1) is 5.41 Å². The summed E-state index contributed by atoms with van der Waals surface area (Å²) in [6.07, 6.45) is 1.96. The molecule has 0 heterocycles. The largest absolute Gasteiger partial charge is 0.464 e. The van der Waals surface area contributed by atoms with Gasteiger partial charge in [0.15, 0.2) is 0 Å². The fourth-order valence-electron chi connectivity index (χ4n) is 0.768. The van der Waals surface area contributed by atoms with Gasteiger partial charge in [0.25, 0.3) is 0 Å². The Labute approximate surface area is 92.0 Å². The Kier molecular flexibility index (Phi) is 4.93. The number of hydrogen-bond acceptors (Lipinski definition) is 2. The lowest BCUT2D eigenvalue weighted by atomic mass is 9.87. The van der Waals surface area contributed by atoms with Gasteiger partial charge in [0.1, 0.15) is 4.87 Å². The van der Waals surface area contributed by atoms with Gasteiger partial charge in [0, 0.05) is 0 Å². The second-order valence-corrected chi connectivity index (χ2v) is 5.82. The van der Waals surface area contributed by atoms with Gasteiger partial charge >= 0.3 is 5.97 Å². The molecule has 0 aliphatic carbocycles. The third-order valence-electron chi connectivity index (χ3n) is 2.45. The molecular formula is C11H21ClO2. The highest BCUT2D eigenvalue weighted by atomic mass is 35.5. The lowest BCUT2D eigenvalue weighted by Gasteiger charge is -2.23. The zero-order chi connectivity index (χ0) is 11.4. The number of alkyl halides is 1. The van der Waals surface area contributed by atoms with Crippen molar-refractivity contribution in [1.82, 2.24) is 0 Å². The van der Waals surface area contributed by atoms with Gasteiger partial charge in [0.2, 0.25) is 0 Å². The fourth-order valence-corrected chi connectivity index (χ4v) is 0.823. The number of carbonyl (C=O) groups is 1. The molecule has 0 rings (SSSR count). The predicted octanol–water partition coefficient (Wildman–Crippen LogP) is 3.37. The maximum atomic E-state index is 11.3. The normalized spacial score (nSPS) is 12.7. The minimum absolute atomic E-state index is 0.233.